The van der Waals surface area contributed by atoms with Crippen molar-refractivity contribution >= 4 is 22.3 Å². The fourth-order valence-corrected chi connectivity index (χ4v) is 3.07. The van der Waals surface area contributed by atoms with Crippen LogP contribution in [0.1, 0.15) is 24.0 Å². The van der Waals surface area contributed by atoms with Crippen molar-refractivity contribution in [2.75, 3.05) is 5.75 Å². The van der Waals surface area contributed by atoms with E-state index in [1.165, 1.54) is 5.57 Å². The van der Waals surface area contributed by atoms with E-state index in [9.17, 15) is 9.00 Å². The van der Waals surface area contributed by atoms with Crippen LogP contribution in [0.25, 0.3) is 5.57 Å². The lowest BCUT2D eigenvalue weighted by atomic mass is 9.96. The Morgan fingerprint density at radius 1 is 1.37 bits per heavy atom. The first-order chi connectivity index (χ1) is 9.15. The first-order valence-electron chi connectivity index (χ1n) is 6.23. The summed E-state index contributed by atoms with van der Waals surface area (Å²) in [6, 6.07) is 8.00. The SMILES string of the molecule is NC(=O)CS(=O)Cc1cccc(C2=CC=CCC2)c1. The third-order valence-electron chi connectivity index (χ3n) is 2.94. The van der Waals surface area contributed by atoms with Crippen molar-refractivity contribution < 1.29 is 9.00 Å². The quantitative estimate of drug-likeness (QED) is 0.895. The Hall–Kier alpha value is -1.68. The van der Waals surface area contributed by atoms with Gasteiger partial charge in [-0.05, 0) is 29.5 Å². The van der Waals surface area contributed by atoms with Crippen LogP contribution in [0, 0.1) is 0 Å². The lowest BCUT2D eigenvalue weighted by Gasteiger charge is -2.10. The number of carbonyl (C=O) groups excluding carboxylic acids is 1. The number of rotatable bonds is 5. The van der Waals surface area contributed by atoms with Gasteiger partial charge >= 0.3 is 0 Å². The summed E-state index contributed by atoms with van der Waals surface area (Å²) in [5.41, 5.74) is 8.49. The zero-order chi connectivity index (χ0) is 13.7. The van der Waals surface area contributed by atoms with Crippen LogP contribution >= 0.6 is 0 Å². The van der Waals surface area contributed by atoms with E-state index in [0.29, 0.717) is 5.75 Å². The second-order valence-electron chi connectivity index (χ2n) is 4.55. The number of allylic oxidation sites excluding steroid dienone is 4. The van der Waals surface area contributed by atoms with Crippen LogP contribution in [0.5, 0.6) is 0 Å². The number of benzene rings is 1. The minimum absolute atomic E-state index is 0.0737. The molecule has 4 heteroatoms. The van der Waals surface area contributed by atoms with E-state index >= 15 is 0 Å². The highest BCUT2D eigenvalue weighted by Gasteiger charge is 2.08. The van der Waals surface area contributed by atoms with Crippen LogP contribution in [0.15, 0.2) is 42.5 Å². The van der Waals surface area contributed by atoms with Crippen molar-refractivity contribution in [3.8, 4) is 0 Å². The van der Waals surface area contributed by atoms with Gasteiger partial charge in [0, 0.05) is 16.6 Å². The summed E-state index contributed by atoms with van der Waals surface area (Å²) in [5.74, 6) is -0.218. The number of hydrogen-bond donors (Lipinski definition) is 1. The van der Waals surface area contributed by atoms with Crippen molar-refractivity contribution in [1.29, 1.82) is 0 Å². The zero-order valence-corrected chi connectivity index (χ0v) is 11.5. The van der Waals surface area contributed by atoms with Gasteiger partial charge in [0.1, 0.15) is 5.75 Å². The summed E-state index contributed by atoms with van der Waals surface area (Å²) in [7, 11) is -1.22. The van der Waals surface area contributed by atoms with Crippen LogP contribution in [0.2, 0.25) is 0 Å². The van der Waals surface area contributed by atoms with Gasteiger partial charge in [0.15, 0.2) is 0 Å². The van der Waals surface area contributed by atoms with Gasteiger partial charge < -0.3 is 5.73 Å². The van der Waals surface area contributed by atoms with Gasteiger partial charge in [-0.1, -0.05) is 42.5 Å². The lowest BCUT2D eigenvalue weighted by molar-refractivity contribution is -0.115. The number of amides is 1. The topological polar surface area (TPSA) is 60.2 Å². The lowest BCUT2D eigenvalue weighted by Crippen LogP contribution is -2.20. The first kappa shape index (κ1) is 13.7. The summed E-state index contributed by atoms with van der Waals surface area (Å²) >= 11 is 0. The van der Waals surface area contributed by atoms with Crippen molar-refractivity contribution in [3.05, 3.63) is 53.6 Å². The third kappa shape index (κ3) is 4.17. The molecule has 100 valence electrons. The van der Waals surface area contributed by atoms with Crippen LogP contribution in [-0.2, 0) is 21.3 Å². The first-order valence-corrected chi connectivity index (χ1v) is 7.72. The van der Waals surface area contributed by atoms with E-state index in [0.717, 1.165) is 24.0 Å². The Balaban J connectivity index is 2.11. The maximum atomic E-state index is 11.7. The summed E-state index contributed by atoms with van der Waals surface area (Å²) in [6.45, 7) is 0. The van der Waals surface area contributed by atoms with Gasteiger partial charge in [-0.25, -0.2) is 0 Å². The number of primary amides is 1. The second kappa shape index (κ2) is 6.48. The molecule has 0 radical (unpaired) electrons. The summed E-state index contributed by atoms with van der Waals surface area (Å²) in [6.07, 6.45) is 8.42. The largest absolute Gasteiger partial charge is 0.369 e. The number of carbonyl (C=O) groups is 1. The smallest absolute Gasteiger partial charge is 0.230 e. The van der Waals surface area contributed by atoms with Gasteiger partial charge in [-0.15, -0.1) is 0 Å². The molecular weight excluding hydrogens is 258 g/mol. The van der Waals surface area contributed by atoms with E-state index in [4.69, 9.17) is 5.73 Å². The minimum Gasteiger partial charge on any atom is -0.369 e. The predicted octanol–water partition coefficient (Wildman–Crippen LogP) is 2.15. The molecule has 0 saturated carbocycles. The van der Waals surface area contributed by atoms with Crippen molar-refractivity contribution in [2.24, 2.45) is 5.73 Å². The monoisotopic (exact) mass is 275 g/mol. The Kier molecular flexibility index (Phi) is 4.68. The van der Waals surface area contributed by atoms with Crippen molar-refractivity contribution in [3.63, 3.8) is 0 Å². The normalized spacial score (nSPS) is 15.9. The van der Waals surface area contributed by atoms with E-state index in [1.807, 2.05) is 18.2 Å². The maximum Gasteiger partial charge on any atom is 0.230 e. The van der Waals surface area contributed by atoms with Gasteiger partial charge in [0.25, 0.3) is 0 Å². The summed E-state index contributed by atoms with van der Waals surface area (Å²) in [4.78, 5) is 10.7. The van der Waals surface area contributed by atoms with E-state index in [1.54, 1.807) is 0 Å². The molecule has 19 heavy (non-hydrogen) atoms. The molecule has 3 nitrogen and oxygen atoms in total. The van der Waals surface area contributed by atoms with E-state index < -0.39 is 16.7 Å². The Labute approximate surface area is 115 Å². The summed E-state index contributed by atoms with van der Waals surface area (Å²) < 4.78 is 11.7. The Morgan fingerprint density at radius 3 is 2.89 bits per heavy atom. The molecule has 0 aliphatic heterocycles. The van der Waals surface area contributed by atoms with Gasteiger partial charge in [-0.2, -0.15) is 0 Å². The van der Waals surface area contributed by atoms with E-state index in [2.05, 4.69) is 24.3 Å². The minimum atomic E-state index is -1.22. The molecular formula is C15H17NO2S. The highest BCUT2D eigenvalue weighted by molar-refractivity contribution is 7.84. The van der Waals surface area contributed by atoms with Gasteiger partial charge in [0.2, 0.25) is 5.91 Å². The van der Waals surface area contributed by atoms with Crippen molar-refractivity contribution in [2.45, 2.75) is 18.6 Å². The molecule has 2 rings (SSSR count). The molecule has 0 fully saturated rings. The molecule has 0 bridgehead atoms. The fraction of sp³-hybridized carbons (Fsp3) is 0.267. The van der Waals surface area contributed by atoms with Gasteiger partial charge in [-0.3, -0.25) is 9.00 Å². The molecule has 1 atom stereocenters. The molecule has 1 aliphatic rings. The van der Waals surface area contributed by atoms with Crippen LogP contribution in [-0.4, -0.2) is 15.9 Å². The fourth-order valence-electron chi connectivity index (χ4n) is 2.10. The molecule has 1 aromatic rings. The Bertz CT molecular complexity index is 561. The number of hydrogen-bond acceptors (Lipinski definition) is 2. The van der Waals surface area contributed by atoms with Crippen LogP contribution in [0.3, 0.4) is 0 Å². The van der Waals surface area contributed by atoms with Crippen LogP contribution < -0.4 is 5.73 Å². The summed E-state index contributed by atoms with van der Waals surface area (Å²) in [5, 5.41) is 0. The number of nitrogens with two attached hydrogens (primary N) is 1. The molecule has 0 aromatic heterocycles. The molecule has 0 heterocycles. The molecule has 1 aliphatic carbocycles. The molecule has 2 N–H and O–H groups in total. The average molecular weight is 275 g/mol. The zero-order valence-electron chi connectivity index (χ0n) is 10.7. The standard InChI is InChI=1S/C15H17NO2S/c16-15(17)11-19(18)10-12-5-4-8-14(9-12)13-6-2-1-3-7-13/h1-2,4-6,8-9H,3,7,10-11H2,(H2,16,17). The Morgan fingerprint density at radius 2 is 2.21 bits per heavy atom. The van der Waals surface area contributed by atoms with Gasteiger partial charge in [0.05, 0.1) is 0 Å². The molecule has 0 spiro atoms. The highest BCUT2D eigenvalue weighted by Crippen LogP contribution is 2.24. The second-order valence-corrected chi connectivity index (χ2v) is 6.01. The molecule has 1 aromatic carbocycles. The maximum absolute atomic E-state index is 11.7. The van der Waals surface area contributed by atoms with E-state index in [-0.39, 0.29) is 5.75 Å². The van der Waals surface area contributed by atoms with Crippen molar-refractivity contribution in [1.82, 2.24) is 0 Å². The average Bonchev–Trinajstić information content (AvgIpc) is 2.39. The van der Waals surface area contributed by atoms with Crippen LogP contribution in [0.4, 0.5) is 0 Å². The molecule has 1 unspecified atom stereocenters. The third-order valence-corrected chi connectivity index (χ3v) is 4.20. The molecule has 0 saturated heterocycles. The molecule has 1 amide bonds. The predicted molar refractivity (Wildman–Crippen MR) is 78.7 cm³/mol. The highest BCUT2D eigenvalue weighted by atomic mass is 32.2.